The van der Waals surface area contributed by atoms with Crippen molar-refractivity contribution in [2.75, 3.05) is 12.4 Å². The number of sulfone groups is 1. The molecular formula is C18H17N3O4S2. The molecule has 0 aliphatic carbocycles. The zero-order valence-electron chi connectivity index (χ0n) is 14.7. The molecule has 0 atom stereocenters. The van der Waals surface area contributed by atoms with Crippen LogP contribution in [0.2, 0.25) is 0 Å². The third-order valence-corrected chi connectivity index (χ3v) is 6.66. The van der Waals surface area contributed by atoms with Gasteiger partial charge in [0, 0.05) is 5.56 Å². The van der Waals surface area contributed by atoms with Crippen molar-refractivity contribution in [2.24, 2.45) is 0 Å². The molecule has 0 aliphatic rings. The summed E-state index contributed by atoms with van der Waals surface area (Å²) in [5, 5.41) is 10.2. The molecule has 0 bridgehead atoms. The van der Waals surface area contributed by atoms with Gasteiger partial charge in [-0.1, -0.05) is 41.2 Å². The van der Waals surface area contributed by atoms with Crippen LogP contribution in [-0.2, 0) is 15.6 Å². The van der Waals surface area contributed by atoms with Crippen molar-refractivity contribution in [3.05, 3.63) is 65.2 Å². The Morgan fingerprint density at radius 3 is 2.56 bits per heavy atom. The quantitative estimate of drug-likeness (QED) is 0.635. The maximum Gasteiger partial charge on any atom is 0.257 e. The van der Waals surface area contributed by atoms with E-state index in [0.29, 0.717) is 16.9 Å². The molecule has 2 aromatic carbocycles. The fourth-order valence-electron chi connectivity index (χ4n) is 2.38. The Hall–Kier alpha value is -2.78. The van der Waals surface area contributed by atoms with E-state index in [1.807, 2.05) is 19.1 Å². The molecule has 1 amide bonds. The highest BCUT2D eigenvalue weighted by Crippen LogP contribution is 2.24. The number of nitrogens with one attached hydrogen (secondary N) is 1. The van der Waals surface area contributed by atoms with Crippen LogP contribution in [0.4, 0.5) is 5.13 Å². The van der Waals surface area contributed by atoms with E-state index in [9.17, 15) is 13.2 Å². The summed E-state index contributed by atoms with van der Waals surface area (Å²) in [6.07, 6.45) is 0. The van der Waals surface area contributed by atoms with Crippen molar-refractivity contribution in [1.82, 2.24) is 10.2 Å². The zero-order valence-corrected chi connectivity index (χ0v) is 16.3. The third-order valence-electron chi connectivity index (χ3n) is 3.68. The maximum atomic E-state index is 12.5. The van der Waals surface area contributed by atoms with Gasteiger partial charge in [-0.3, -0.25) is 10.1 Å². The van der Waals surface area contributed by atoms with E-state index >= 15 is 0 Å². The highest BCUT2D eigenvalue weighted by molar-refractivity contribution is 7.92. The molecule has 0 saturated carbocycles. The number of rotatable bonds is 6. The van der Waals surface area contributed by atoms with Gasteiger partial charge in [0.1, 0.15) is 5.75 Å². The Bertz CT molecular complexity index is 1060. The van der Waals surface area contributed by atoms with Crippen LogP contribution in [0.1, 0.15) is 21.5 Å². The first kappa shape index (κ1) is 19.0. The summed E-state index contributed by atoms with van der Waals surface area (Å²) >= 11 is 0.827. The van der Waals surface area contributed by atoms with Crippen LogP contribution in [0.15, 0.2) is 52.9 Å². The van der Waals surface area contributed by atoms with Gasteiger partial charge < -0.3 is 4.74 Å². The van der Waals surface area contributed by atoms with Crippen molar-refractivity contribution in [3.63, 3.8) is 0 Å². The van der Waals surface area contributed by atoms with Gasteiger partial charge in [-0.25, -0.2) is 8.42 Å². The van der Waals surface area contributed by atoms with Crippen LogP contribution in [0.5, 0.6) is 5.75 Å². The third kappa shape index (κ3) is 4.69. The van der Waals surface area contributed by atoms with Crippen LogP contribution in [0.25, 0.3) is 0 Å². The van der Waals surface area contributed by atoms with Crippen LogP contribution >= 0.6 is 11.3 Å². The van der Waals surface area contributed by atoms with Crippen LogP contribution in [0.3, 0.4) is 0 Å². The van der Waals surface area contributed by atoms with Gasteiger partial charge in [-0.05, 0) is 36.8 Å². The normalized spacial score (nSPS) is 11.2. The first-order chi connectivity index (χ1) is 12.9. The fourth-order valence-corrected chi connectivity index (χ4v) is 4.68. The maximum absolute atomic E-state index is 12.5. The van der Waals surface area contributed by atoms with Crippen LogP contribution in [0, 0.1) is 6.92 Å². The van der Waals surface area contributed by atoms with Gasteiger partial charge in [-0.2, -0.15) is 0 Å². The minimum Gasteiger partial charge on any atom is -0.497 e. The van der Waals surface area contributed by atoms with Crippen molar-refractivity contribution in [1.29, 1.82) is 0 Å². The average Bonchev–Trinajstić information content (AvgIpc) is 3.11. The summed E-state index contributed by atoms with van der Waals surface area (Å²) in [7, 11) is -2.10. The number of aryl methyl sites for hydroxylation is 1. The molecule has 0 fully saturated rings. The highest BCUT2D eigenvalue weighted by atomic mass is 32.2. The van der Waals surface area contributed by atoms with E-state index in [4.69, 9.17) is 4.74 Å². The zero-order chi connectivity index (χ0) is 19.4. The molecule has 140 valence electrons. The van der Waals surface area contributed by atoms with Gasteiger partial charge in [-0.15, -0.1) is 10.2 Å². The van der Waals surface area contributed by atoms with Gasteiger partial charge in [0.15, 0.2) is 0 Å². The largest absolute Gasteiger partial charge is 0.497 e. The first-order valence-corrected chi connectivity index (χ1v) is 10.4. The second-order valence-corrected chi connectivity index (χ2v) is 8.94. The SMILES string of the molecule is COc1ccc(C(=O)Nc2nnc(S(=O)(=O)Cc3cccc(C)c3)s2)cc1. The molecule has 1 aromatic heterocycles. The molecule has 1 N–H and O–H groups in total. The Kier molecular flexibility index (Phi) is 5.52. The van der Waals surface area contributed by atoms with E-state index in [-0.39, 0.29) is 15.2 Å². The minimum absolute atomic E-state index is 0.124. The number of carbonyl (C=O) groups excluding carboxylic acids is 1. The minimum atomic E-state index is -3.64. The number of hydrogen-bond acceptors (Lipinski definition) is 7. The summed E-state index contributed by atoms with van der Waals surface area (Å²) in [6.45, 7) is 1.90. The molecule has 9 heteroatoms. The molecule has 0 unspecified atom stereocenters. The number of nitrogens with zero attached hydrogens (tertiary/aromatic N) is 2. The molecule has 0 radical (unpaired) electrons. The van der Waals surface area contributed by atoms with E-state index in [1.54, 1.807) is 36.4 Å². The lowest BCUT2D eigenvalue weighted by Crippen LogP contribution is -2.11. The van der Waals surface area contributed by atoms with Crippen molar-refractivity contribution in [3.8, 4) is 5.75 Å². The van der Waals surface area contributed by atoms with Gasteiger partial charge in [0.25, 0.3) is 5.91 Å². The fraction of sp³-hybridized carbons (Fsp3) is 0.167. The number of amides is 1. The molecule has 3 aromatic rings. The molecule has 0 spiro atoms. The van der Waals surface area contributed by atoms with Crippen molar-refractivity contribution >= 4 is 32.2 Å². The summed E-state index contributed by atoms with van der Waals surface area (Å²) in [6, 6.07) is 13.8. The number of aromatic nitrogens is 2. The number of hydrogen-bond donors (Lipinski definition) is 1. The molecule has 3 rings (SSSR count). The standard InChI is InChI=1S/C18H17N3O4S2/c1-12-4-3-5-13(10-12)11-27(23,24)18-21-20-17(26-18)19-16(22)14-6-8-15(25-2)9-7-14/h3-10H,11H2,1-2H3,(H,19,20,22). The number of ether oxygens (including phenoxy) is 1. The van der Waals surface area contributed by atoms with Gasteiger partial charge >= 0.3 is 0 Å². The Morgan fingerprint density at radius 2 is 1.89 bits per heavy atom. The van der Waals surface area contributed by atoms with Crippen LogP contribution in [-0.4, -0.2) is 31.6 Å². The van der Waals surface area contributed by atoms with E-state index < -0.39 is 15.7 Å². The monoisotopic (exact) mass is 403 g/mol. The second-order valence-electron chi connectivity index (χ2n) is 5.80. The molecule has 1 heterocycles. The number of benzene rings is 2. The summed E-state index contributed by atoms with van der Waals surface area (Å²) in [5.74, 6) is 0.0545. The molecular weight excluding hydrogens is 386 g/mol. The summed E-state index contributed by atoms with van der Waals surface area (Å²) in [4.78, 5) is 12.2. The van der Waals surface area contributed by atoms with Crippen LogP contribution < -0.4 is 10.1 Å². The predicted octanol–water partition coefficient (Wildman–Crippen LogP) is 3.08. The highest BCUT2D eigenvalue weighted by Gasteiger charge is 2.22. The van der Waals surface area contributed by atoms with E-state index in [0.717, 1.165) is 16.9 Å². The Morgan fingerprint density at radius 1 is 1.15 bits per heavy atom. The predicted molar refractivity (Wildman–Crippen MR) is 103 cm³/mol. The van der Waals surface area contributed by atoms with Gasteiger partial charge in [0.2, 0.25) is 19.3 Å². The lowest BCUT2D eigenvalue weighted by molar-refractivity contribution is 0.102. The second kappa shape index (κ2) is 7.85. The van der Waals surface area contributed by atoms with Crippen molar-refractivity contribution < 1.29 is 17.9 Å². The smallest absolute Gasteiger partial charge is 0.257 e. The summed E-state index contributed by atoms with van der Waals surface area (Å²) in [5.41, 5.74) is 2.05. The molecule has 0 saturated heterocycles. The molecule has 0 aliphatic heterocycles. The van der Waals surface area contributed by atoms with Gasteiger partial charge in [0.05, 0.1) is 12.9 Å². The van der Waals surface area contributed by atoms with E-state index in [1.165, 1.54) is 7.11 Å². The lowest BCUT2D eigenvalue weighted by Gasteiger charge is -2.03. The molecule has 7 nitrogen and oxygen atoms in total. The van der Waals surface area contributed by atoms with Crippen molar-refractivity contribution in [2.45, 2.75) is 17.0 Å². The van der Waals surface area contributed by atoms with E-state index in [2.05, 4.69) is 15.5 Å². The molecule has 27 heavy (non-hydrogen) atoms. The topological polar surface area (TPSA) is 98.2 Å². The Balaban J connectivity index is 1.72. The lowest BCUT2D eigenvalue weighted by atomic mass is 10.2. The number of carbonyl (C=O) groups is 1. The first-order valence-electron chi connectivity index (χ1n) is 7.94. The number of anilines is 1. The average molecular weight is 403 g/mol. The Labute approximate surface area is 161 Å². The number of methoxy groups -OCH3 is 1. The summed E-state index contributed by atoms with van der Waals surface area (Å²) < 4.78 is 30.0.